The van der Waals surface area contributed by atoms with Crippen LogP contribution < -0.4 is 5.32 Å². The van der Waals surface area contributed by atoms with Crippen molar-refractivity contribution in [2.24, 2.45) is 0 Å². The van der Waals surface area contributed by atoms with Crippen molar-refractivity contribution in [1.82, 2.24) is 10.2 Å². The zero-order valence-electron chi connectivity index (χ0n) is 14.2. The molecule has 28 heavy (non-hydrogen) atoms. The van der Waals surface area contributed by atoms with Crippen molar-refractivity contribution in [2.45, 2.75) is 0 Å². The van der Waals surface area contributed by atoms with Crippen LogP contribution in [0.5, 0.6) is 0 Å². The summed E-state index contributed by atoms with van der Waals surface area (Å²) in [6.07, 6.45) is 1.63. The van der Waals surface area contributed by atoms with E-state index >= 15 is 0 Å². The van der Waals surface area contributed by atoms with E-state index in [9.17, 15) is 14.4 Å². The molecule has 1 aliphatic rings. The molecule has 1 aliphatic heterocycles. The maximum absolute atomic E-state index is 12.5. The van der Waals surface area contributed by atoms with E-state index in [1.165, 1.54) is 0 Å². The summed E-state index contributed by atoms with van der Waals surface area (Å²) in [5.74, 6) is -0.837. The number of carbonyl (C=O) groups is 3. The minimum atomic E-state index is -0.434. The van der Waals surface area contributed by atoms with E-state index < -0.39 is 11.8 Å². The average Bonchev–Trinajstić information content (AvgIpc) is 2.93. The van der Waals surface area contributed by atoms with Crippen molar-refractivity contribution in [2.75, 3.05) is 13.1 Å². The molecule has 0 bridgehead atoms. The van der Waals surface area contributed by atoms with Crippen LogP contribution in [0.3, 0.4) is 0 Å². The predicted molar refractivity (Wildman–Crippen MR) is 113 cm³/mol. The van der Waals surface area contributed by atoms with Crippen molar-refractivity contribution in [3.8, 4) is 0 Å². The number of nitrogens with zero attached hydrogens (tertiary/aromatic N) is 1. The molecule has 3 amide bonds. The molecule has 144 valence electrons. The molecule has 1 heterocycles. The number of hydrogen-bond donors (Lipinski definition) is 1. The van der Waals surface area contributed by atoms with Crippen LogP contribution >= 0.6 is 46.6 Å². The molecule has 0 spiro atoms. The number of nitrogens with one attached hydrogen (secondary N) is 1. The van der Waals surface area contributed by atoms with Gasteiger partial charge in [-0.2, -0.15) is 0 Å². The van der Waals surface area contributed by atoms with E-state index in [-0.39, 0.29) is 33.9 Å². The highest BCUT2D eigenvalue weighted by atomic mass is 35.5. The molecule has 3 rings (SSSR count). The fourth-order valence-electron chi connectivity index (χ4n) is 2.46. The van der Waals surface area contributed by atoms with Gasteiger partial charge in [0.2, 0.25) is 0 Å². The summed E-state index contributed by atoms with van der Waals surface area (Å²) in [6, 6.07) is 11.6. The van der Waals surface area contributed by atoms with Gasteiger partial charge in [-0.25, -0.2) is 0 Å². The van der Waals surface area contributed by atoms with Gasteiger partial charge in [0.25, 0.3) is 17.1 Å². The molecule has 0 unspecified atom stereocenters. The first-order valence-electron chi connectivity index (χ1n) is 8.10. The SMILES string of the molecule is O=C(NCCN1C(=O)SC(=Cc2ccc(Cl)cc2)C1=O)c1cccc(Cl)c1Cl. The normalized spacial score (nSPS) is 15.4. The van der Waals surface area contributed by atoms with Gasteiger partial charge in [0.15, 0.2) is 0 Å². The van der Waals surface area contributed by atoms with Gasteiger partial charge in [0.05, 0.1) is 20.5 Å². The minimum absolute atomic E-state index is 0.0482. The van der Waals surface area contributed by atoms with E-state index in [4.69, 9.17) is 34.8 Å². The zero-order chi connectivity index (χ0) is 20.3. The van der Waals surface area contributed by atoms with Gasteiger partial charge >= 0.3 is 0 Å². The van der Waals surface area contributed by atoms with Crippen LogP contribution in [0.4, 0.5) is 4.79 Å². The summed E-state index contributed by atoms with van der Waals surface area (Å²) >= 11 is 18.6. The van der Waals surface area contributed by atoms with Crippen LogP contribution in [0, 0.1) is 0 Å². The second-order valence-corrected chi connectivity index (χ2v) is 7.96. The Morgan fingerprint density at radius 2 is 1.79 bits per heavy atom. The van der Waals surface area contributed by atoms with Gasteiger partial charge in [-0.1, -0.05) is 53.0 Å². The van der Waals surface area contributed by atoms with E-state index in [0.717, 1.165) is 22.2 Å². The summed E-state index contributed by atoms with van der Waals surface area (Å²) in [4.78, 5) is 38.2. The summed E-state index contributed by atoms with van der Waals surface area (Å²) in [7, 11) is 0. The van der Waals surface area contributed by atoms with Crippen LogP contribution in [0.15, 0.2) is 47.4 Å². The molecule has 5 nitrogen and oxygen atoms in total. The maximum Gasteiger partial charge on any atom is 0.293 e. The highest BCUT2D eigenvalue weighted by Crippen LogP contribution is 2.32. The lowest BCUT2D eigenvalue weighted by atomic mass is 10.2. The van der Waals surface area contributed by atoms with E-state index in [1.807, 2.05) is 0 Å². The Bertz CT molecular complexity index is 977. The van der Waals surface area contributed by atoms with Crippen molar-refractivity contribution in [3.05, 3.63) is 73.6 Å². The second kappa shape index (κ2) is 9.01. The molecule has 1 fully saturated rings. The third-order valence-corrected chi connectivity index (χ3v) is 5.84. The molecular formula is C19H13Cl3N2O3S. The van der Waals surface area contributed by atoms with Crippen LogP contribution in [0.2, 0.25) is 15.1 Å². The van der Waals surface area contributed by atoms with Crippen LogP contribution in [0.25, 0.3) is 6.08 Å². The summed E-state index contributed by atoms with van der Waals surface area (Å²) in [5.41, 5.74) is 0.991. The Morgan fingerprint density at radius 1 is 1.07 bits per heavy atom. The molecule has 2 aromatic rings. The van der Waals surface area contributed by atoms with E-state index in [2.05, 4.69) is 5.32 Å². The molecule has 0 aliphatic carbocycles. The Balaban J connectivity index is 1.61. The van der Waals surface area contributed by atoms with Gasteiger partial charge < -0.3 is 5.32 Å². The first-order chi connectivity index (χ1) is 13.4. The van der Waals surface area contributed by atoms with Gasteiger partial charge in [-0.05, 0) is 47.7 Å². The van der Waals surface area contributed by atoms with Crippen molar-refractivity contribution < 1.29 is 14.4 Å². The summed E-state index contributed by atoms with van der Waals surface area (Å²) < 4.78 is 0. The Labute approximate surface area is 180 Å². The fraction of sp³-hybridized carbons (Fsp3) is 0.105. The lowest BCUT2D eigenvalue weighted by molar-refractivity contribution is -0.122. The fourth-order valence-corrected chi connectivity index (χ4v) is 3.84. The van der Waals surface area contributed by atoms with Gasteiger partial charge in [0.1, 0.15) is 0 Å². The standard InChI is InChI=1S/C19H13Cl3N2O3S/c20-12-6-4-11(5-7-12)10-15-18(26)24(19(27)28-15)9-8-23-17(25)13-2-1-3-14(21)16(13)22/h1-7,10H,8-9H2,(H,23,25). The molecule has 0 radical (unpaired) electrons. The molecule has 2 aromatic carbocycles. The Kier molecular flexibility index (Phi) is 6.67. The lowest BCUT2D eigenvalue weighted by Crippen LogP contribution is -2.37. The molecule has 1 saturated heterocycles. The topological polar surface area (TPSA) is 66.5 Å². The van der Waals surface area contributed by atoms with Crippen LogP contribution in [-0.4, -0.2) is 35.0 Å². The van der Waals surface area contributed by atoms with Gasteiger partial charge in [-0.3, -0.25) is 19.3 Å². The van der Waals surface area contributed by atoms with E-state index in [0.29, 0.717) is 9.93 Å². The zero-order valence-corrected chi connectivity index (χ0v) is 17.3. The Hall–Kier alpha value is -1.99. The highest BCUT2D eigenvalue weighted by Gasteiger charge is 2.34. The highest BCUT2D eigenvalue weighted by molar-refractivity contribution is 8.18. The number of thioether (sulfide) groups is 1. The molecule has 0 aromatic heterocycles. The summed E-state index contributed by atoms with van der Waals surface area (Å²) in [6.45, 7) is 0.139. The van der Waals surface area contributed by atoms with Crippen LogP contribution in [0.1, 0.15) is 15.9 Å². The smallest absolute Gasteiger partial charge is 0.293 e. The first kappa shape index (κ1) is 20.7. The minimum Gasteiger partial charge on any atom is -0.350 e. The number of halogens is 3. The van der Waals surface area contributed by atoms with Crippen molar-refractivity contribution >= 4 is 69.7 Å². The largest absolute Gasteiger partial charge is 0.350 e. The van der Waals surface area contributed by atoms with Crippen molar-refractivity contribution in [1.29, 1.82) is 0 Å². The quantitative estimate of drug-likeness (QED) is 0.636. The van der Waals surface area contributed by atoms with Gasteiger partial charge in [-0.15, -0.1) is 0 Å². The molecule has 1 N–H and O–H groups in total. The Morgan fingerprint density at radius 3 is 2.50 bits per heavy atom. The molecular weight excluding hydrogens is 443 g/mol. The maximum atomic E-state index is 12.5. The third-order valence-electron chi connectivity index (χ3n) is 3.86. The predicted octanol–water partition coefficient (Wildman–Crippen LogP) is 5.11. The lowest BCUT2D eigenvalue weighted by Gasteiger charge is -2.13. The van der Waals surface area contributed by atoms with E-state index in [1.54, 1.807) is 48.5 Å². The van der Waals surface area contributed by atoms with Crippen molar-refractivity contribution in [3.63, 3.8) is 0 Å². The molecule has 9 heteroatoms. The number of amides is 3. The van der Waals surface area contributed by atoms with Crippen LogP contribution in [-0.2, 0) is 4.79 Å². The number of hydrogen-bond acceptors (Lipinski definition) is 4. The first-order valence-corrected chi connectivity index (χ1v) is 10.0. The number of rotatable bonds is 5. The third kappa shape index (κ3) is 4.70. The molecule has 0 saturated carbocycles. The number of benzene rings is 2. The number of carbonyl (C=O) groups excluding carboxylic acids is 3. The number of imide groups is 1. The van der Waals surface area contributed by atoms with Gasteiger partial charge in [0, 0.05) is 18.1 Å². The monoisotopic (exact) mass is 454 g/mol. The average molecular weight is 456 g/mol. The summed E-state index contributed by atoms with van der Waals surface area (Å²) in [5, 5.41) is 3.25. The molecule has 0 atom stereocenters. The second-order valence-electron chi connectivity index (χ2n) is 5.74.